The van der Waals surface area contributed by atoms with Crippen LogP contribution in [0.15, 0.2) is 200 Å². The van der Waals surface area contributed by atoms with E-state index in [1.807, 2.05) is 23.5 Å². The highest BCUT2D eigenvalue weighted by molar-refractivity contribution is 8.04. The minimum Gasteiger partial charge on any atom is -0.338 e. The number of anilines is 2. The van der Waals surface area contributed by atoms with Gasteiger partial charge in [-0.15, -0.1) is 0 Å². The molecule has 304 valence electrons. The van der Waals surface area contributed by atoms with Crippen molar-refractivity contribution < 1.29 is 0 Å². The van der Waals surface area contributed by atoms with Gasteiger partial charge in [-0.05, 0) is 122 Å². The van der Waals surface area contributed by atoms with Crippen LogP contribution in [0.2, 0.25) is 0 Å². The van der Waals surface area contributed by atoms with E-state index in [0.717, 1.165) is 59.1 Å². The van der Waals surface area contributed by atoms with Gasteiger partial charge in [0.1, 0.15) is 11.0 Å². The number of rotatable bonds is 6. The molecule has 2 aliphatic heterocycles. The maximum atomic E-state index is 5.63. The lowest BCUT2D eigenvalue weighted by Crippen LogP contribution is -2.29. The van der Waals surface area contributed by atoms with E-state index in [1.54, 1.807) is 0 Å². The van der Waals surface area contributed by atoms with E-state index >= 15 is 0 Å². The largest absolute Gasteiger partial charge is 0.338 e. The van der Waals surface area contributed by atoms with Gasteiger partial charge in [0, 0.05) is 46.0 Å². The first-order valence-electron chi connectivity index (χ1n) is 21.5. The van der Waals surface area contributed by atoms with Gasteiger partial charge in [-0.1, -0.05) is 121 Å². The first kappa shape index (κ1) is 38.4. The molecule has 1 aliphatic carbocycles. The first-order chi connectivity index (χ1) is 30.6. The summed E-state index contributed by atoms with van der Waals surface area (Å²) in [6.45, 7) is 0. The van der Waals surface area contributed by atoms with Crippen molar-refractivity contribution in [2.24, 2.45) is 9.98 Å². The van der Waals surface area contributed by atoms with Gasteiger partial charge in [-0.25, -0.2) is 0 Å². The summed E-state index contributed by atoms with van der Waals surface area (Å²) in [6.07, 6.45) is 8.56. The maximum Gasteiger partial charge on any atom is 0.133 e. The van der Waals surface area contributed by atoms with E-state index in [-0.39, 0.29) is 12.1 Å². The third kappa shape index (κ3) is 7.17. The fourth-order valence-electron chi connectivity index (χ4n) is 9.21. The van der Waals surface area contributed by atoms with Gasteiger partial charge in [-0.2, -0.15) is 0 Å². The van der Waals surface area contributed by atoms with Crippen LogP contribution >= 0.6 is 23.5 Å². The minimum absolute atomic E-state index is 0.181. The van der Waals surface area contributed by atoms with Crippen molar-refractivity contribution in [2.45, 2.75) is 47.6 Å². The van der Waals surface area contributed by atoms with Crippen LogP contribution in [-0.4, -0.2) is 35.3 Å². The Bertz CT molecular complexity index is 2980. The van der Waals surface area contributed by atoms with Crippen LogP contribution in [-0.2, 0) is 0 Å². The molecule has 2 aromatic heterocycles. The van der Waals surface area contributed by atoms with Crippen LogP contribution < -0.4 is 20.8 Å². The molecular formula is C54H46N6S2. The highest BCUT2D eigenvalue weighted by Crippen LogP contribution is 2.47. The summed E-state index contributed by atoms with van der Waals surface area (Å²) in [7, 11) is 4.33. The number of nitrogens with zero attached hydrogens (tertiary/aromatic N) is 6. The molecule has 11 rings (SSSR count). The number of aromatic nitrogens is 2. The van der Waals surface area contributed by atoms with Crippen LogP contribution in [0.5, 0.6) is 0 Å². The molecule has 0 bridgehead atoms. The van der Waals surface area contributed by atoms with E-state index in [4.69, 9.17) is 9.98 Å². The van der Waals surface area contributed by atoms with Crippen LogP contribution in [0.25, 0.3) is 45.3 Å². The van der Waals surface area contributed by atoms with Gasteiger partial charge < -0.3 is 9.80 Å². The van der Waals surface area contributed by atoms with Gasteiger partial charge in [-0.3, -0.25) is 19.1 Å². The van der Waals surface area contributed by atoms with Crippen molar-refractivity contribution in [3.63, 3.8) is 0 Å². The predicted molar refractivity (Wildman–Crippen MR) is 261 cm³/mol. The zero-order valence-corrected chi connectivity index (χ0v) is 36.4. The summed E-state index contributed by atoms with van der Waals surface area (Å²) in [5, 5.41) is 4.83. The molecular weight excluding hydrogens is 797 g/mol. The highest BCUT2D eigenvalue weighted by atomic mass is 32.2. The van der Waals surface area contributed by atoms with Crippen molar-refractivity contribution in [2.75, 3.05) is 23.9 Å². The molecule has 8 aromatic rings. The van der Waals surface area contributed by atoms with E-state index in [9.17, 15) is 0 Å². The van der Waals surface area contributed by atoms with Gasteiger partial charge in [0.2, 0.25) is 0 Å². The van der Waals surface area contributed by atoms with Crippen molar-refractivity contribution in [3.05, 3.63) is 202 Å². The molecule has 0 spiro atoms. The van der Waals surface area contributed by atoms with Crippen molar-refractivity contribution in [1.29, 1.82) is 0 Å². The lowest BCUT2D eigenvalue weighted by atomic mass is 9.92. The minimum atomic E-state index is 0.181. The van der Waals surface area contributed by atoms with E-state index in [0.29, 0.717) is 0 Å². The summed E-state index contributed by atoms with van der Waals surface area (Å²) >= 11 is 3.66. The van der Waals surface area contributed by atoms with E-state index in [1.165, 1.54) is 53.1 Å². The number of hydrogen-bond donors (Lipinski definition) is 0. The lowest BCUT2D eigenvalue weighted by molar-refractivity contribution is 0.386. The standard InChI is InChI=1S/C54H46N6S2/c1-57-47-25-13-15-27-49(47)61-53(57)35-37-33-51(59(41-17-5-3-6-18-41)45-23-11-9-21-43(37)45)55-39-29-31-40(32-30-39)56-52-34-38(36-54-58(2)48-26-14-16-28-50(48)62-54)44-22-10-12-24-46(44)60(52)42-19-7-4-8-20-42/h3-28,33-36,39-40H,29-32H2,1-2H3/b53-35+,54-36+,55-51-,56-52-. The number of para-hydroxylation sites is 6. The number of thioether (sulfide) groups is 2. The number of pyridine rings is 2. The molecule has 4 heterocycles. The monoisotopic (exact) mass is 842 g/mol. The third-order valence-electron chi connectivity index (χ3n) is 12.4. The molecule has 0 saturated heterocycles. The molecule has 3 aliphatic rings. The van der Waals surface area contributed by atoms with Crippen LogP contribution in [0, 0.1) is 0 Å². The second kappa shape index (κ2) is 16.4. The average Bonchev–Trinajstić information content (AvgIpc) is 3.81. The SMILES string of the molecule is CN1/C(=C\c2c/c(=N/C3CCC(/N=c4/cc(/C=C5/Sc6ccccc6N5C)c5ccccc5n4-c4ccccc4)CC3)n(-c3ccccc3)c3ccccc23)Sc2ccccc21. The number of hydrogen-bond acceptors (Lipinski definition) is 6. The molecule has 1 fully saturated rings. The summed E-state index contributed by atoms with van der Waals surface area (Å²) < 4.78 is 4.70. The zero-order chi connectivity index (χ0) is 41.6. The maximum absolute atomic E-state index is 5.63. The first-order valence-corrected chi connectivity index (χ1v) is 23.1. The molecule has 0 amide bonds. The van der Waals surface area contributed by atoms with E-state index in [2.05, 4.69) is 215 Å². The topological polar surface area (TPSA) is 41.1 Å². The Morgan fingerprint density at radius 3 is 1.24 bits per heavy atom. The Labute approximate surface area is 370 Å². The van der Waals surface area contributed by atoms with Gasteiger partial charge in [0.15, 0.2) is 0 Å². The quantitative estimate of drug-likeness (QED) is 0.167. The smallest absolute Gasteiger partial charge is 0.133 e. The van der Waals surface area contributed by atoms with E-state index < -0.39 is 0 Å². The molecule has 1 saturated carbocycles. The van der Waals surface area contributed by atoms with Crippen LogP contribution in [0.1, 0.15) is 36.8 Å². The molecule has 6 aromatic carbocycles. The molecule has 0 atom stereocenters. The fourth-order valence-corrected chi connectivity index (χ4v) is 11.4. The second-order valence-electron chi connectivity index (χ2n) is 16.2. The normalized spacial score (nSPS) is 19.3. The molecule has 0 unspecified atom stereocenters. The molecule has 0 radical (unpaired) electrons. The van der Waals surface area contributed by atoms with Crippen LogP contribution in [0.4, 0.5) is 11.4 Å². The summed E-state index contributed by atoms with van der Waals surface area (Å²) in [5.41, 5.74) is 11.3. The van der Waals surface area contributed by atoms with Gasteiger partial charge >= 0.3 is 0 Å². The third-order valence-corrected chi connectivity index (χ3v) is 14.7. The van der Waals surface area contributed by atoms with Crippen LogP contribution in [0.3, 0.4) is 0 Å². The molecule has 8 heteroatoms. The summed E-state index contributed by atoms with van der Waals surface area (Å²) in [4.78, 5) is 18.4. The Hall–Kier alpha value is -6.48. The van der Waals surface area contributed by atoms with Crippen molar-refractivity contribution >= 4 is 68.9 Å². The van der Waals surface area contributed by atoms with Crippen molar-refractivity contribution in [1.82, 2.24) is 9.13 Å². The number of fused-ring (bicyclic) bond motifs is 4. The van der Waals surface area contributed by atoms with Gasteiger partial charge in [0.25, 0.3) is 0 Å². The Balaban J connectivity index is 0.975. The number of benzene rings is 6. The Kier molecular flexibility index (Phi) is 10.2. The lowest BCUT2D eigenvalue weighted by Gasteiger charge is -2.25. The predicted octanol–water partition coefficient (Wildman–Crippen LogP) is 12.5. The molecule has 6 nitrogen and oxygen atoms in total. The van der Waals surface area contributed by atoms with Gasteiger partial charge in [0.05, 0.1) is 44.5 Å². The highest BCUT2D eigenvalue weighted by Gasteiger charge is 2.25. The summed E-state index contributed by atoms with van der Waals surface area (Å²) in [5.74, 6) is 0. The summed E-state index contributed by atoms with van der Waals surface area (Å²) in [6, 6.07) is 61.2. The fraction of sp³-hybridized carbons (Fsp3) is 0.148. The Morgan fingerprint density at radius 2 is 0.823 bits per heavy atom. The molecule has 0 N–H and O–H groups in total. The van der Waals surface area contributed by atoms with Crippen molar-refractivity contribution in [3.8, 4) is 11.4 Å². The average molecular weight is 843 g/mol. The molecule has 62 heavy (non-hydrogen) atoms. The second-order valence-corrected chi connectivity index (χ2v) is 18.4. The zero-order valence-electron chi connectivity index (χ0n) is 34.8. The Morgan fingerprint density at radius 1 is 0.452 bits per heavy atom.